The monoisotopic (exact) mass is 326 g/mol. The molecule has 0 aromatic carbocycles. The van der Waals surface area contributed by atoms with Gasteiger partial charge in [0.2, 0.25) is 0 Å². The molecule has 0 saturated carbocycles. The van der Waals surface area contributed by atoms with E-state index in [1.165, 1.54) is 24.8 Å². The summed E-state index contributed by atoms with van der Waals surface area (Å²) in [5.41, 5.74) is 0.959. The lowest BCUT2D eigenvalue weighted by Gasteiger charge is -2.08. The number of pyridine rings is 1. The molecule has 0 aliphatic heterocycles. The van der Waals surface area contributed by atoms with Gasteiger partial charge in [-0.15, -0.1) is 11.3 Å². The first-order chi connectivity index (χ1) is 9.97. The van der Waals surface area contributed by atoms with E-state index in [-0.39, 0.29) is 15.6 Å². The van der Waals surface area contributed by atoms with E-state index >= 15 is 0 Å². The third-order valence-electron chi connectivity index (χ3n) is 2.76. The average Bonchev–Trinajstić information content (AvgIpc) is 2.96. The number of hydrogen-bond acceptors (Lipinski definition) is 6. The van der Waals surface area contributed by atoms with Gasteiger partial charge in [0.1, 0.15) is 15.6 Å². The van der Waals surface area contributed by atoms with E-state index in [1.54, 1.807) is 6.07 Å². The van der Waals surface area contributed by atoms with Gasteiger partial charge in [0, 0.05) is 6.20 Å². The first-order valence-electron chi connectivity index (χ1n) is 6.11. The van der Waals surface area contributed by atoms with Crippen molar-refractivity contribution in [2.24, 2.45) is 0 Å². The van der Waals surface area contributed by atoms with Crippen LogP contribution in [0.4, 0.5) is 5.82 Å². The fourth-order valence-corrected chi connectivity index (χ4v) is 4.03. The highest BCUT2D eigenvalue weighted by Crippen LogP contribution is 2.24. The Morgan fingerprint density at radius 3 is 2.86 bits per heavy atom. The molecule has 2 aromatic heterocycles. The molecule has 0 unspecified atom stereocenters. The van der Waals surface area contributed by atoms with Gasteiger partial charge in [-0.3, -0.25) is 4.72 Å². The predicted octanol–water partition coefficient (Wildman–Crippen LogP) is 2.29. The lowest BCUT2D eigenvalue weighted by atomic mass is 10.2. The molecule has 6 nitrogen and oxygen atoms in total. The summed E-state index contributed by atoms with van der Waals surface area (Å²) in [6, 6.07) is 4.83. The highest BCUT2D eigenvalue weighted by atomic mass is 32.2. The molecule has 0 bridgehead atoms. The first-order valence-corrected chi connectivity index (χ1v) is 8.47. The Balaban J connectivity index is 2.34. The summed E-state index contributed by atoms with van der Waals surface area (Å²) < 4.78 is 31.7. The summed E-state index contributed by atoms with van der Waals surface area (Å²) in [7, 11) is -2.68. The number of aromatic nitrogens is 1. The Morgan fingerprint density at radius 1 is 1.43 bits per heavy atom. The number of aryl methyl sites for hydroxylation is 1. The summed E-state index contributed by atoms with van der Waals surface area (Å²) in [4.78, 5) is 15.5. The van der Waals surface area contributed by atoms with E-state index in [9.17, 15) is 13.2 Å². The molecule has 21 heavy (non-hydrogen) atoms. The SMILES string of the molecule is CCc1ccnc(NS(=O)(=O)c2ccsc2C(=O)OC)c1. The molecule has 112 valence electrons. The van der Waals surface area contributed by atoms with E-state index in [0.29, 0.717) is 0 Å². The molecule has 2 heterocycles. The standard InChI is InChI=1S/C13H14N2O4S2/c1-3-9-4-6-14-11(8-9)15-21(17,18)10-5-7-20-12(10)13(16)19-2/h4-8H,3H2,1-2H3,(H,14,15). The fourth-order valence-electron chi connectivity index (χ4n) is 1.69. The molecule has 0 fully saturated rings. The second-order valence-corrected chi connectivity index (χ2v) is 6.68. The van der Waals surface area contributed by atoms with Crippen LogP contribution >= 0.6 is 11.3 Å². The number of esters is 1. The largest absolute Gasteiger partial charge is 0.465 e. The maximum Gasteiger partial charge on any atom is 0.349 e. The van der Waals surface area contributed by atoms with Crippen LogP contribution in [0.5, 0.6) is 0 Å². The minimum atomic E-state index is -3.88. The molecule has 8 heteroatoms. The van der Waals surface area contributed by atoms with Gasteiger partial charge in [0.25, 0.3) is 10.0 Å². The molecule has 2 rings (SSSR count). The fraction of sp³-hybridized carbons (Fsp3) is 0.231. The van der Waals surface area contributed by atoms with Crippen molar-refractivity contribution in [2.45, 2.75) is 18.2 Å². The molecular weight excluding hydrogens is 312 g/mol. The van der Waals surface area contributed by atoms with E-state index < -0.39 is 16.0 Å². The van der Waals surface area contributed by atoms with Crippen molar-refractivity contribution in [1.82, 2.24) is 4.98 Å². The zero-order valence-corrected chi connectivity index (χ0v) is 13.1. The molecule has 0 amide bonds. The average molecular weight is 326 g/mol. The van der Waals surface area contributed by atoms with Gasteiger partial charge >= 0.3 is 5.97 Å². The molecular formula is C13H14N2O4S2. The van der Waals surface area contributed by atoms with Crippen LogP contribution in [0.3, 0.4) is 0 Å². The Bertz CT molecular complexity index is 753. The van der Waals surface area contributed by atoms with Crippen molar-refractivity contribution in [2.75, 3.05) is 11.8 Å². The minimum absolute atomic E-state index is 0.0386. The number of carbonyl (C=O) groups excluding carboxylic acids is 1. The van der Waals surface area contributed by atoms with E-state index in [1.807, 2.05) is 13.0 Å². The first kappa shape index (κ1) is 15.5. The van der Waals surface area contributed by atoms with Gasteiger partial charge in [0.15, 0.2) is 0 Å². The number of sulfonamides is 1. The summed E-state index contributed by atoms with van der Waals surface area (Å²) in [5, 5.41) is 1.52. The van der Waals surface area contributed by atoms with E-state index in [4.69, 9.17) is 0 Å². The number of nitrogens with zero attached hydrogens (tertiary/aromatic N) is 1. The Morgan fingerprint density at radius 2 is 2.19 bits per heavy atom. The second kappa shape index (κ2) is 6.23. The summed E-state index contributed by atoms with van der Waals surface area (Å²) in [6.07, 6.45) is 2.30. The second-order valence-electron chi connectivity index (χ2n) is 4.11. The topological polar surface area (TPSA) is 85.4 Å². The third kappa shape index (κ3) is 3.40. The van der Waals surface area contributed by atoms with Crippen LogP contribution in [0.15, 0.2) is 34.7 Å². The van der Waals surface area contributed by atoms with Crippen LogP contribution in [0.2, 0.25) is 0 Å². The zero-order chi connectivity index (χ0) is 15.5. The van der Waals surface area contributed by atoms with Crippen molar-refractivity contribution >= 4 is 33.1 Å². The van der Waals surface area contributed by atoms with Crippen molar-refractivity contribution in [1.29, 1.82) is 0 Å². The predicted molar refractivity (Wildman–Crippen MR) is 80.1 cm³/mol. The number of hydrogen-bond donors (Lipinski definition) is 1. The lowest BCUT2D eigenvalue weighted by molar-refractivity contribution is 0.0602. The Labute approximate surface area is 126 Å². The molecule has 0 radical (unpaired) electrons. The van der Waals surface area contributed by atoms with Gasteiger partial charge in [-0.25, -0.2) is 18.2 Å². The van der Waals surface area contributed by atoms with Gasteiger partial charge in [-0.1, -0.05) is 6.92 Å². The van der Waals surface area contributed by atoms with E-state index in [0.717, 1.165) is 23.3 Å². The van der Waals surface area contributed by atoms with Crippen molar-refractivity contribution in [3.8, 4) is 0 Å². The number of rotatable bonds is 5. The number of carbonyl (C=O) groups is 1. The molecule has 0 aliphatic carbocycles. The zero-order valence-electron chi connectivity index (χ0n) is 11.5. The summed E-state index contributed by atoms with van der Waals surface area (Å²) in [5.74, 6) is -0.461. The number of thiophene rings is 1. The van der Waals surface area contributed by atoms with Gasteiger partial charge in [-0.2, -0.15) is 0 Å². The Hall–Kier alpha value is -1.93. The van der Waals surface area contributed by atoms with Crippen LogP contribution < -0.4 is 4.72 Å². The number of nitrogens with one attached hydrogen (secondary N) is 1. The molecule has 0 saturated heterocycles. The van der Waals surface area contributed by atoms with Crippen molar-refractivity contribution in [3.05, 3.63) is 40.2 Å². The van der Waals surface area contributed by atoms with Gasteiger partial charge in [0.05, 0.1) is 7.11 Å². The van der Waals surface area contributed by atoms with E-state index in [2.05, 4.69) is 14.4 Å². The molecule has 0 spiro atoms. The number of anilines is 1. The molecule has 1 N–H and O–H groups in total. The maximum atomic E-state index is 12.4. The maximum absolute atomic E-state index is 12.4. The lowest BCUT2D eigenvalue weighted by Crippen LogP contribution is -2.16. The van der Waals surface area contributed by atoms with Gasteiger partial charge < -0.3 is 4.74 Å². The highest BCUT2D eigenvalue weighted by molar-refractivity contribution is 7.93. The molecule has 0 aliphatic rings. The molecule has 2 aromatic rings. The van der Waals surface area contributed by atoms with Crippen LogP contribution in [0.1, 0.15) is 22.2 Å². The third-order valence-corrected chi connectivity index (χ3v) is 5.18. The quantitative estimate of drug-likeness (QED) is 0.852. The van der Waals surface area contributed by atoms with Crippen molar-refractivity contribution < 1.29 is 17.9 Å². The Kier molecular flexibility index (Phi) is 4.59. The number of ether oxygens (including phenoxy) is 1. The summed E-state index contributed by atoms with van der Waals surface area (Å²) in [6.45, 7) is 1.96. The minimum Gasteiger partial charge on any atom is -0.465 e. The van der Waals surface area contributed by atoms with Crippen LogP contribution in [-0.4, -0.2) is 26.5 Å². The van der Waals surface area contributed by atoms with Gasteiger partial charge in [-0.05, 0) is 35.6 Å². The van der Waals surface area contributed by atoms with Crippen LogP contribution in [-0.2, 0) is 21.2 Å². The van der Waals surface area contributed by atoms with Crippen LogP contribution in [0.25, 0.3) is 0 Å². The number of methoxy groups -OCH3 is 1. The van der Waals surface area contributed by atoms with Crippen molar-refractivity contribution in [3.63, 3.8) is 0 Å². The molecule has 0 atom stereocenters. The smallest absolute Gasteiger partial charge is 0.349 e. The highest BCUT2D eigenvalue weighted by Gasteiger charge is 2.25. The normalized spacial score (nSPS) is 11.1. The van der Waals surface area contributed by atoms with Crippen LogP contribution in [0, 0.1) is 0 Å². The summed E-state index contributed by atoms with van der Waals surface area (Å²) >= 11 is 1.01.